The first-order valence-corrected chi connectivity index (χ1v) is 8.52. The first-order chi connectivity index (χ1) is 9.17. The molecule has 1 radical (unpaired) electrons. The molecular weight excluding hydrogens is 267 g/mol. The van der Waals surface area contributed by atoms with Gasteiger partial charge in [-0.15, -0.1) is 0 Å². The zero-order chi connectivity index (χ0) is 14.0. The summed E-state index contributed by atoms with van der Waals surface area (Å²) in [5.74, 6) is 0. The molecule has 3 nitrogen and oxygen atoms in total. The van der Waals surface area contributed by atoms with Crippen LogP contribution < -0.4 is 0 Å². The van der Waals surface area contributed by atoms with Crippen LogP contribution in [-0.4, -0.2) is 33.9 Å². The Morgan fingerprint density at radius 2 is 1.45 bits per heavy atom. The summed E-state index contributed by atoms with van der Waals surface area (Å²) in [6.07, 6.45) is 8.05. The Morgan fingerprint density at radius 1 is 0.900 bits per heavy atom. The van der Waals surface area contributed by atoms with Crippen molar-refractivity contribution in [3.63, 3.8) is 0 Å². The fourth-order valence-electron chi connectivity index (χ4n) is 1.88. The Labute approximate surface area is 135 Å². The Balaban J connectivity index is 0.00000361. The Kier molecular flexibility index (Phi) is 11.2. The van der Waals surface area contributed by atoms with Crippen LogP contribution in [0.4, 0.5) is 0 Å². The number of benzene rings is 1. The van der Waals surface area contributed by atoms with Crippen molar-refractivity contribution >= 4 is 29.0 Å². The van der Waals surface area contributed by atoms with Gasteiger partial charge in [0.05, 0.1) is 11.5 Å². The second kappa shape index (κ2) is 11.4. The van der Waals surface area contributed by atoms with Crippen LogP contribution >= 0.6 is 0 Å². The van der Waals surface area contributed by atoms with Gasteiger partial charge in [0.15, 0.2) is 0 Å². The minimum atomic E-state index is -3.56. The largest absolute Gasteiger partial charge is 0.296 e. The van der Waals surface area contributed by atoms with Crippen LogP contribution in [0.2, 0.25) is 0 Å². The van der Waals surface area contributed by atoms with Gasteiger partial charge in [0.1, 0.15) is 0 Å². The van der Waals surface area contributed by atoms with Gasteiger partial charge in [-0.05, 0) is 18.6 Å². The monoisotopic (exact) mass is 291 g/mol. The van der Waals surface area contributed by atoms with Gasteiger partial charge in [0, 0.05) is 18.9 Å². The molecule has 0 aliphatic rings. The smallest absolute Gasteiger partial charge is 0.266 e. The van der Waals surface area contributed by atoms with E-state index in [-0.39, 0.29) is 30.4 Å². The van der Waals surface area contributed by atoms with Crippen LogP contribution in [0.15, 0.2) is 35.2 Å². The summed E-state index contributed by atoms with van der Waals surface area (Å²) in [7, 11) is -3.56. The second-order valence-electron chi connectivity index (χ2n) is 4.71. The molecule has 0 N–H and O–H groups in total. The Bertz CT molecular complexity index is 432. The molecule has 0 unspecified atom stereocenters. The van der Waals surface area contributed by atoms with Crippen LogP contribution in [0.1, 0.15) is 51.9 Å². The van der Waals surface area contributed by atoms with Gasteiger partial charge in [0.25, 0.3) is 10.1 Å². The van der Waals surface area contributed by atoms with Crippen LogP contribution in [0.5, 0.6) is 0 Å². The number of unbranched alkanes of at least 4 members (excludes halogenated alkanes) is 6. The number of hydrogen-bond donors (Lipinski definition) is 0. The zero-order valence-electron chi connectivity index (χ0n) is 12.7. The van der Waals surface area contributed by atoms with E-state index in [0.29, 0.717) is 0 Å². The fraction of sp³-hybridized carbons (Fsp3) is 0.600. The third-order valence-electron chi connectivity index (χ3n) is 3.02. The predicted molar refractivity (Wildman–Crippen MR) is 83.3 cm³/mol. The van der Waals surface area contributed by atoms with Crippen molar-refractivity contribution in [2.24, 2.45) is 0 Å². The van der Waals surface area contributed by atoms with Crippen molar-refractivity contribution < 1.29 is 12.6 Å². The van der Waals surface area contributed by atoms with Gasteiger partial charge in [-0.3, -0.25) is 4.18 Å². The van der Waals surface area contributed by atoms with Crippen molar-refractivity contribution in [1.82, 2.24) is 0 Å². The summed E-state index contributed by atoms with van der Waals surface area (Å²) in [6, 6.07) is 8.30. The molecule has 0 bridgehead atoms. The van der Waals surface area contributed by atoms with Gasteiger partial charge >= 0.3 is 0 Å². The number of rotatable bonds is 10. The number of hydrogen-bond acceptors (Lipinski definition) is 3. The summed E-state index contributed by atoms with van der Waals surface area (Å²) in [6.45, 7) is 2.48. The molecule has 0 atom stereocenters. The molecule has 0 aromatic heterocycles. The van der Waals surface area contributed by atoms with E-state index in [2.05, 4.69) is 6.92 Å². The van der Waals surface area contributed by atoms with Crippen molar-refractivity contribution in [2.75, 3.05) is 6.61 Å². The molecule has 1 rings (SSSR count). The maximum Gasteiger partial charge on any atom is 0.296 e. The predicted octanol–water partition coefficient (Wildman–Crippen LogP) is 3.76. The van der Waals surface area contributed by atoms with Gasteiger partial charge in [-0.1, -0.05) is 63.6 Å². The third kappa shape index (κ3) is 8.11. The van der Waals surface area contributed by atoms with E-state index < -0.39 is 10.1 Å². The quantitative estimate of drug-likeness (QED) is 0.374. The second-order valence-corrected chi connectivity index (χ2v) is 6.33. The molecular formula is C15H24LiO3S. The average Bonchev–Trinajstić information content (AvgIpc) is 2.43. The van der Waals surface area contributed by atoms with Crippen molar-refractivity contribution in [2.45, 2.75) is 56.8 Å². The van der Waals surface area contributed by atoms with E-state index in [1.54, 1.807) is 30.3 Å². The van der Waals surface area contributed by atoms with Gasteiger partial charge in [0.2, 0.25) is 0 Å². The van der Waals surface area contributed by atoms with E-state index in [1.807, 2.05) is 0 Å². The van der Waals surface area contributed by atoms with Gasteiger partial charge < -0.3 is 0 Å². The summed E-state index contributed by atoms with van der Waals surface area (Å²) < 4.78 is 28.6. The summed E-state index contributed by atoms with van der Waals surface area (Å²) >= 11 is 0. The van der Waals surface area contributed by atoms with Crippen LogP contribution in [0, 0.1) is 0 Å². The first-order valence-electron chi connectivity index (χ1n) is 7.11. The molecule has 0 spiro atoms. The zero-order valence-corrected chi connectivity index (χ0v) is 13.5. The first kappa shape index (κ1) is 19.7. The minimum Gasteiger partial charge on any atom is -0.266 e. The van der Waals surface area contributed by atoms with E-state index in [9.17, 15) is 8.42 Å². The topological polar surface area (TPSA) is 43.4 Å². The third-order valence-corrected chi connectivity index (χ3v) is 4.34. The molecule has 0 aliphatic carbocycles. The molecule has 1 aromatic carbocycles. The van der Waals surface area contributed by atoms with Crippen LogP contribution in [0.25, 0.3) is 0 Å². The summed E-state index contributed by atoms with van der Waals surface area (Å²) in [5.41, 5.74) is 0. The molecule has 1 aromatic rings. The minimum absolute atomic E-state index is 0. The van der Waals surface area contributed by atoms with E-state index in [1.165, 1.54) is 25.7 Å². The summed E-state index contributed by atoms with van der Waals surface area (Å²) in [5, 5.41) is 0. The molecule has 0 heterocycles. The van der Waals surface area contributed by atoms with Gasteiger partial charge in [-0.2, -0.15) is 8.42 Å². The molecule has 0 fully saturated rings. The van der Waals surface area contributed by atoms with E-state index in [4.69, 9.17) is 4.18 Å². The summed E-state index contributed by atoms with van der Waals surface area (Å²) in [4.78, 5) is 0.234. The normalized spacial score (nSPS) is 11.1. The maximum absolute atomic E-state index is 11.8. The fourth-order valence-corrected chi connectivity index (χ4v) is 2.85. The molecule has 0 amide bonds. The van der Waals surface area contributed by atoms with E-state index >= 15 is 0 Å². The van der Waals surface area contributed by atoms with Crippen molar-refractivity contribution in [1.29, 1.82) is 0 Å². The molecule has 0 aliphatic heterocycles. The van der Waals surface area contributed by atoms with Crippen molar-refractivity contribution in [3.8, 4) is 0 Å². The van der Waals surface area contributed by atoms with Gasteiger partial charge in [-0.25, -0.2) is 0 Å². The molecule has 109 valence electrons. The van der Waals surface area contributed by atoms with Crippen LogP contribution in [-0.2, 0) is 14.3 Å². The standard InChI is InChI=1S/C15H24O3S.Li/c1-2-3-4-5-6-7-11-14-18-19(16,17)15-12-9-8-10-13-15;/h8-10,12-13H,2-7,11,14H2,1H3;. The van der Waals surface area contributed by atoms with E-state index in [0.717, 1.165) is 19.3 Å². The molecule has 5 heteroatoms. The maximum atomic E-state index is 11.8. The van der Waals surface area contributed by atoms with Crippen LogP contribution in [0.3, 0.4) is 0 Å². The Morgan fingerprint density at radius 3 is 2.05 bits per heavy atom. The molecule has 20 heavy (non-hydrogen) atoms. The SMILES string of the molecule is CCCCCCCCCOS(=O)(=O)c1ccccc1.[Li]. The van der Waals surface area contributed by atoms with Crippen molar-refractivity contribution in [3.05, 3.63) is 30.3 Å². The molecule has 0 saturated carbocycles. The average molecular weight is 291 g/mol. The molecule has 0 saturated heterocycles. The Hall–Kier alpha value is -0.273.